The number of aliphatic hydroxyl groups is 1. The van der Waals surface area contributed by atoms with Crippen LogP contribution in [-0.2, 0) is 0 Å². The molecule has 0 bridgehead atoms. The number of nitrogens with zero attached hydrogens (tertiary/aromatic N) is 2. The fourth-order valence-corrected chi connectivity index (χ4v) is 3.53. The summed E-state index contributed by atoms with van der Waals surface area (Å²) in [6, 6.07) is 13.6. The zero-order valence-corrected chi connectivity index (χ0v) is 15.2. The molecule has 1 aliphatic rings. The Morgan fingerprint density at radius 1 is 1.19 bits per heavy atom. The van der Waals surface area contributed by atoms with Crippen molar-refractivity contribution in [3.8, 4) is 11.1 Å². The van der Waals surface area contributed by atoms with Gasteiger partial charge in [0.2, 0.25) is 0 Å². The van der Waals surface area contributed by atoms with Crippen molar-refractivity contribution in [3.05, 3.63) is 59.9 Å². The van der Waals surface area contributed by atoms with Gasteiger partial charge in [0.05, 0.1) is 6.10 Å². The molecule has 5 heteroatoms. The van der Waals surface area contributed by atoms with Crippen LogP contribution in [0.25, 0.3) is 11.1 Å². The maximum absolute atomic E-state index is 13.5. The van der Waals surface area contributed by atoms with Crippen LogP contribution in [-0.4, -0.2) is 60.6 Å². The van der Waals surface area contributed by atoms with Gasteiger partial charge in [-0.15, -0.1) is 0 Å². The van der Waals surface area contributed by atoms with Gasteiger partial charge in [0.15, 0.2) is 0 Å². The molecule has 3 rings (SSSR count). The first kappa shape index (κ1) is 18.5. The molecule has 2 aromatic rings. The first-order valence-corrected chi connectivity index (χ1v) is 8.92. The molecule has 1 saturated heterocycles. The Morgan fingerprint density at radius 2 is 1.88 bits per heavy atom. The summed E-state index contributed by atoms with van der Waals surface area (Å²) in [5.41, 5.74) is 2.10. The fourth-order valence-electron chi connectivity index (χ4n) is 3.53. The molecule has 4 nitrogen and oxygen atoms in total. The van der Waals surface area contributed by atoms with Gasteiger partial charge in [-0.05, 0) is 55.9 Å². The first-order valence-electron chi connectivity index (χ1n) is 8.92. The molecular formula is C21H25FN2O2. The van der Waals surface area contributed by atoms with E-state index in [1.54, 1.807) is 23.1 Å². The van der Waals surface area contributed by atoms with Crippen molar-refractivity contribution >= 4 is 5.91 Å². The molecule has 0 saturated carbocycles. The van der Waals surface area contributed by atoms with Gasteiger partial charge in [-0.2, -0.15) is 0 Å². The number of benzene rings is 2. The lowest BCUT2D eigenvalue weighted by Gasteiger charge is -2.37. The van der Waals surface area contributed by atoms with E-state index >= 15 is 0 Å². The van der Waals surface area contributed by atoms with Crippen LogP contribution < -0.4 is 0 Å². The number of piperidine rings is 1. The Labute approximate surface area is 153 Å². The number of β-amino-alcohol motifs (C(OH)–C–C–N with tert-alkyl or cyclic N) is 1. The number of rotatable bonds is 4. The van der Waals surface area contributed by atoms with E-state index in [2.05, 4.69) is 4.90 Å². The molecule has 0 aromatic heterocycles. The maximum Gasteiger partial charge on any atom is 0.253 e. The predicted molar refractivity (Wildman–Crippen MR) is 100 cm³/mol. The van der Waals surface area contributed by atoms with Gasteiger partial charge in [-0.25, -0.2) is 4.39 Å². The monoisotopic (exact) mass is 356 g/mol. The predicted octanol–water partition coefficient (Wildman–Crippen LogP) is 2.88. The molecule has 0 radical (unpaired) electrons. The van der Waals surface area contributed by atoms with Crippen LogP contribution in [0.4, 0.5) is 4.39 Å². The average molecular weight is 356 g/mol. The molecular weight excluding hydrogens is 331 g/mol. The summed E-state index contributed by atoms with van der Waals surface area (Å²) in [5, 5.41) is 10.4. The summed E-state index contributed by atoms with van der Waals surface area (Å²) in [4.78, 5) is 16.6. The van der Waals surface area contributed by atoms with Gasteiger partial charge in [0, 0.05) is 31.1 Å². The number of amides is 1. The molecule has 1 amide bonds. The highest BCUT2D eigenvalue weighted by molar-refractivity contribution is 5.95. The van der Waals surface area contributed by atoms with E-state index in [9.17, 15) is 14.3 Å². The normalized spacial score (nSPS) is 20.4. The van der Waals surface area contributed by atoms with E-state index in [0.717, 1.165) is 24.1 Å². The highest BCUT2D eigenvalue weighted by atomic mass is 19.1. The van der Waals surface area contributed by atoms with Gasteiger partial charge in [-0.3, -0.25) is 4.79 Å². The molecule has 26 heavy (non-hydrogen) atoms. The van der Waals surface area contributed by atoms with Crippen molar-refractivity contribution < 1.29 is 14.3 Å². The third-order valence-corrected chi connectivity index (χ3v) is 4.88. The molecule has 2 atom stereocenters. The second kappa shape index (κ2) is 7.98. The third-order valence-electron chi connectivity index (χ3n) is 4.88. The maximum atomic E-state index is 13.5. The van der Waals surface area contributed by atoms with Crippen LogP contribution in [0.5, 0.6) is 0 Å². The molecule has 0 spiro atoms. The van der Waals surface area contributed by atoms with E-state index in [0.29, 0.717) is 18.7 Å². The lowest BCUT2D eigenvalue weighted by molar-refractivity contribution is 0.0124. The molecule has 1 heterocycles. The highest BCUT2D eigenvalue weighted by Gasteiger charge is 2.30. The zero-order valence-electron chi connectivity index (χ0n) is 15.2. The fraction of sp³-hybridized carbons (Fsp3) is 0.381. The smallest absolute Gasteiger partial charge is 0.253 e. The first-order chi connectivity index (χ1) is 12.4. The Morgan fingerprint density at radius 3 is 2.54 bits per heavy atom. The van der Waals surface area contributed by atoms with E-state index in [1.807, 2.05) is 32.3 Å². The Bertz CT molecular complexity index is 778. The minimum atomic E-state index is -0.512. The van der Waals surface area contributed by atoms with Crippen LogP contribution in [0.2, 0.25) is 0 Å². The van der Waals surface area contributed by atoms with E-state index in [-0.39, 0.29) is 17.6 Å². The van der Waals surface area contributed by atoms with Gasteiger partial charge in [0.1, 0.15) is 5.82 Å². The molecule has 0 unspecified atom stereocenters. The standard InChI is InChI=1S/C21H25FN2O2/c1-23(2)13-18-9-10-24(14-20(18)25)21(26)17-7-3-5-15(11-17)16-6-4-8-19(22)12-16/h3-8,11-12,18,20,25H,9-10,13-14H2,1-2H3/t18-,20+/m0/s1. The number of likely N-dealkylation sites (tertiary alicyclic amines) is 1. The molecule has 0 aliphatic carbocycles. The molecule has 1 N–H and O–H groups in total. The quantitative estimate of drug-likeness (QED) is 0.916. The number of hydrogen-bond donors (Lipinski definition) is 1. The highest BCUT2D eigenvalue weighted by Crippen LogP contribution is 2.24. The Balaban J connectivity index is 1.74. The lowest BCUT2D eigenvalue weighted by Crippen LogP contribution is -2.49. The van der Waals surface area contributed by atoms with Crippen LogP contribution in [0.1, 0.15) is 16.8 Å². The van der Waals surface area contributed by atoms with Gasteiger partial charge in [-0.1, -0.05) is 24.3 Å². The van der Waals surface area contributed by atoms with E-state index in [1.165, 1.54) is 12.1 Å². The second-order valence-electron chi connectivity index (χ2n) is 7.22. The van der Waals surface area contributed by atoms with E-state index in [4.69, 9.17) is 0 Å². The summed E-state index contributed by atoms with van der Waals surface area (Å²) >= 11 is 0. The van der Waals surface area contributed by atoms with Crippen LogP contribution in [0, 0.1) is 11.7 Å². The summed E-state index contributed by atoms with van der Waals surface area (Å²) in [6.45, 7) is 1.80. The minimum Gasteiger partial charge on any atom is -0.391 e. The van der Waals surface area contributed by atoms with Crippen molar-refractivity contribution in [2.24, 2.45) is 5.92 Å². The molecule has 1 aliphatic heterocycles. The van der Waals surface area contributed by atoms with Crippen molar-refractivity contribution in [2.45, 2.75) is 12.5 Å². The number of carbonyl (C=O) groups is 1. The third kappa shape index (κ3) is 4.29. The van der Waals surface area contributed by atoms with Gasteiger partial charge >= 0.3 is 0 Å². The van der Waals surface area contributed by atoms with Gasteiger partial charge < -0.3 is 14.9 Å². The summed E-state index contributed by atoms with van der Waals surface area (Å²) in [7, 11) is 3.98. The molecule has 138 valence electrons. The zero-order chi connectivity index (χ0) is 18.7. The average Bonchev–Trinajstić information content (AvgIpc) is 2.62. The largest absolute Gasteiger partial charge is 0.391 e. The van der Waals surface area contributed by atoms with Gasteiger partial charge in [0.25, 0.3) is 5.91 Å². The molecule has 2 aromatic carbocycles. The number of halogens is 1. The van der Waals surface area contributed by atoms with Crippen molar-refractivity contribution in [1.29, 1.82) is 0 Å². The summed E-state index contributed by atoms with van der Waals surface area (Å²) in [5.74, 6) is -0.205. The summed E-state index contributed by atoms with van der Waals surface area (Å²) < 4.78 is 13.5. The van der Waals surface area contributed by atoms with Crippen LogP contribution in [0.15, 0.2) is 48.5 Å². The lowest BCUT2D eigenvalue weighted by atomic mass is 9.93. The van der Waals surface area contributed by atoms with Crippen LogP contribution in [0.3, 0.4) is 0 Å². The second-order valence-corrected chi connectivity index (χ2v) is 7.22. The van der Waals surface area contributed by atoms with Crippen LogP contribution >= 0.6 is 0 Å². The number of carbonyl (C=O) groups excluding carboxylic acids is 1. The van der Waals surface area contributed by atoms with E-state index < -0.39 is 6.10 Å². The summed E-state index contributed by atoms with van der Waals surface area (Å²) in [6.07, 6.45) is 0.274. The Kier molecular flexibility index (Phi) is 5.69. The molecule has 1 fully saturated rings. The van der Waals surface area contributed by atoms with Crippen molar-refractivity contribution in [1.82, 2.24) is 9.80 Å². The topological polar surface area (TPSA) is 43.8 Å². The SMILES string of the molecule is CN(C)C[C@@H]1CCN(C(=O)c2cccc(-c3cccc(F)c3)c2)C[C@H]1O. The van der Waals surface area contributed by atoms with Crippen molar-refractivity contribution in [2.75, 3.05) is 33.7 Å². The van der Waals surface area contributed by atoms with Crippen molar-refractivity contribution in [3.63, 3.8) is 0 Å². The Hall–Kier alpha value is -2.24. The number of aliphatic hydroxyl groups excluding tert-OH is 1. The number of hydrogen-bond acceptors (Lipinski definition) is 3. The minimum absolute atomic E-state index is 0.0920.